The van der Waals surface area contributed by atoms with Crippen LogP contribution < -0.4 is 10.1 Å². The third-order valence-corrected chi connectivity index (χ3v) is 4.65. The van der Waals surface area contributed by atoms with E-state index in [0.717, 1.165) is 42.6 Å². The van der Waals surface area contributed by atoms with Crippen LogP contribution >= 0.6 is 0 Å². The fourth-order valence-electron chi connectivity index (χ4n) is 3.15. The molecule has 0 radical (unpaired) electrons. The summed E-state index contributed by atoms with van der Waals surface area (Å²) in [5, 5.41) is 12.8. The Bertz CT molecular complexity index is 988. The number of benzene rings is 2. The number of fused-ring (bicyclic) bond motifs is 1. The number of hydrogen-bond donors (Lipinski definition) is 2. The van der Waals surface area contributed by atoms with Gasteiger partial charge in [-0.3, -0.25) is 4.98 Å². The highest BCUT2D eigenvalue weighted by Crippen LogP contribution is 2.35. The Kier molecular flexibility index (Phi) is 6.89. The van der Waals surface area contributed by atoms with Gasteiger partial charge in [-0.2, -0.15) is 13.2 Å². The lowest BCUT2D eigenvalue weighted by molar-refractivity contribution is -0.192. The lowest BCUT2D eigenvalue weighted by Gasteiger charge is -2.25. The first-order valence-corrected chi connectivity index (χ1v) is 9.45. The van der Waals surface area contributed by atoms with Crippen molar-refractivity contribution in [1.29, 1.82) is 0 Å². The smallest absolute Gasteiger partial charge is 0.490 e. The molecule has 0 saturated carbocycles. The van der Waals surface area contributed by atoms with Crippen molar-refractivity contribution in [1.82, 2.24) is 10.3 Å². The maximum Gasteiger partial charge on any atom is 0.490 e. The van der Waals surface area contributed by atoms with Gasteiger partial charge in [0.1, 0.15) is 11.9 Å². The molecule has 1 saturated heterocycles. The van der Waals surface area contributed by atoms with Crippen LogP contribution in [0.2, 0.25) is 0 Å². The first-order valence-electron chi connectivity index (χ1n) is 9.45. The van der Waals surface area contributed by atoms with Crippen LogP contribution in [0.25, 0.3) is 21.9 Å². The van der Waals surface area contributed by atoms with E-state index in [9.17, 15) is 13.2 Å². The number of piperidine rings is 1. The van der Waals surface area contributed by atoms with Crippen molar-refractivity contribution in [2.45, 2.75) is 25.1 Å². The summed E-state index contributed by atoms with van der Waals surface area (Å²) < 4.78 is 38.1. The average Bonchev–Trinajstić information content (AvgIpc) is 2.74. The van der Waals surface area contributed by atoms with E-state index in [1.165, 1.54) is 10.9 Å². The monoisotopic (exact) mass is 418 g/mol. The molecule has 1 aromatic heterocycles. The molecule has 0 unspecified atom stereocenters. The van der Waals surface area contributed by atoms with Gasteiger partial charge in [-0.15, -0.1) is 0 Å². The molecule has 0 aliphatic carbocycles. The molecule has 30 heavy (non-hydrogen) atoms. The summed E-state index contributed by atoms with van der Waals surface area (Å²) in [6.07, 6.45) is 1.07. The van der Waals surface area contributed by atoms with Gasteiger partial charge >= 0.3 is 12.1 Å². The molecule has 8 heteroatoms. The van der Waals surface area contributed by atoms with Gasteiger partial charge < -0.3 is 15.2 Å². The van der Waals surface area contributed by atoms with E-state index in [0.29, 0.717) is 0 Å². The van der Waals surface area contributed by atoms with Crippen LogP contribution in [0.4, 0.5) is 13.2 Å². The van der Waals surface area contributed by atoms with Crippen LogP contribution in [0.15, 0.2) is 60.9 Å². The van der Waals surface area contributed by atoms with Crippen LogP contribution in [0, 0.1) is 0 Å². The zero-order valence-electron chi connectivity index (χ0n) is 16.0. The number of hydrogen-bond acceptors (Lipinski definition) is 4. The molecule has 0 spiro atoms. The van der Waals surface area contributed by atoms with Gasteiger partial charge in [0, 0.05) is 23.3 Å². The second-order valence-corrected chi connectivity index (χ2v) is 6.81. The number of ether oxygens (including phenoxy) is 1. The number of carboxylic acid groups (broad SMARTS) is 1. The summed E-state index contributed by atoms with van der Waals surface area (Å²) >= 11 is 0. The Hall–Kier alpha value is -3.13. The van der Waals surface area contributed by atoms with E-state index < -0.39 is 12.1 Å². The van der Waals surface area contributed by atoms with E-state index in [1.54, 1.807) is 0 Å². The Morgan fingerprint density at radius 2 is 1.73 bits per heavy atom. The Labute approximate surface area is 171 Å². The van der Waals surface area contributed by atoms with Gasteiger partial charge in [0.25, 0.3) is 0 Å². The van der Waals surface area contributed by atoms with Gasteiger partial charge in [-0.05, 0) is 55.1 Å². The number of alkyl halides is 3. The summed E-state index contributed by atoms with van der Waals surface area (Å²) in [5.41, 5.74) is 2.33. The number of nitrogens with zero attached hydrogens (tertiary/aromatic N) is 1. The third-order valence-electron chi connectivity index (χ3n) is 4.65. The number of carboxylic acids is 1. The van der Waals surface area contributed by atoms with E-state index >= 15 is 0 Å². The number of aliphatic carboxylic acids is 1. The minimum atomic E-state index is -5.08. The predicted molar refractivity (Wildman–Crippen MR) is 107 cm³/mol. The zero-order chi connectivity index (χ0) is 21.6. The molecule has 4 rings (SSSR count). The largest absolute Gasteiger partial charge is 0.490 e. The fraction of sp³-hybridized carbons (Fsp3) is 0.273. The topological polar surface area (TPSA) is 71.5 Å². The molecule has 0 bridgehead atoms. The summed E-state index contributed by atoms with van der Waals surface area (Å²) in [4.78, 5) is 13.1. The maximum absolute atomic E-state index is 10.6. The molecule has 0 atom stereocenters. The van der Waals surface area contributed by atoms with E-state index in [-0.39, 0.29) is 6.10 Å². The normalized spacial score (nSPS) is 14.6. The highest BCUT2D eigenvalue weighted by atomic mass is 19.4. The summed E-state index contributed by atoms with van der Waals surface area (Å²) in [6.45, 7) is 2.06. The van der Waals surface area contributed by atoms with Crippen molar-refractivity contribution in [3.05, 3.63) is 60.9 Å². The Morgan fingerprint density at radius 3 is 2.37 bits per heavy atom. The van der Waals surface area contributed by atoms with E-state index in [4.69, 9.17) is 14.6 Å². The number of pyridine rings is 1. The summed E-state index contributed by atoms with van der Waals surface area (Å²) in [6, 6.07) is 16.8. The van der Waals surface area contributed by atoms with Crippen LogP contribution in [0.3, 0.4) is 0 Å². The maximum atomic E-state index is 10.6. The molecule has 3 aromatic rings. The summed E-state index contributed by atoms with van der Waals surface area (Å²) in [5.74, 6) is -1.78. The molecule has 2 aromatic carbocycles. The number of halogens is 3. The number of aromatic nitrogens is 1. The number of carbonyl (C=O) groups is 1. The van der Waals surface area contributed by atoms with E-state index in [1.807, 2.05) is 24.5 Å². The first kappa shape index (κ1) is 21.6. The second-order valence-electron chi connectivity index (χ2n) is 6.81. The molecule has 158 valence electrons. The number of nitrogens with one attached hydrogen (secondary N) is 1. The van der Waals surface area contributed by atoms with Gasteiger partial charge in [-0.1, -0.05) is 30.3 Å². The van der Waals surface area contributed by atoms with Gasteiger partial charge in [-0.25, -0.2) is 4.79 Å². The minimum absolute atomic E-state index is 0.290. The average molecular weight is 418 g/mol. The molecule has 1 fully saturated rings. The molecular formula is C22H21F3N2O3. The van der Waals surface area contributed by atoms with Crippen molar-refractivity contribution in [3.63, 3.8) is 0 Å². The van der Waals surface area contributed by atoms with Crippen LogP contribution in [0.5, 0.6) is 5.75 Å². The van der Waals surface area contributed by atoms with Gasteiger partial charge in [0.15, 0.2) is 0 Å². The fourth-order valence-corrected chi connectivity index (χ4v) is 3.15. The quantitative estimate of drug-likeness (QED) is 0.647. The lowest BCUT2D eigenvalue weighted by Crippen LogP contribution is -2.34. The first-order chi connectivity index (χ1) is 14.3. The Balaban J connectivity index is 0.000000318. The summed E-state index contributed by atoms with van der Waals surface area (Å²) in [7, 11) is 0. The molecular weight excluding hydrogens is 397 g/mol. The Morgan fingerprint density at radius 1 is 1.07 bits per heavy atom. The van der Waals surface area contributed by atoms with E-state index in [2.05, 4.69) is 46.7 Å². The van der Waals surface area contributed by atoms with Crippen molar-refractivity contribution in [3.8, 4) is 16.9 Å². The van der Waals surface area contributed by atoms with Crippen molar-refractivity contribution in [2.75, 3.05) is 13.1 Å². The molecule has 2 N–H and O–H groups in total. The highest BCUT2D eigenvalue weighted by Gasteiger charge is 2.38. The second kappa shape index (κ2) is 9.58. The van der Waals surface area contributed by atoms with Crippen molar-refractivity contribution >= 4 is 16.7 Å². The van der Waals surface area contributed by atoms with Crippen LogP contribution in [-0.2, 0) is 4.79 Å². The van der Waals surface area contributed by atoms with Crippen LogP contribution in [0.1, 0.15) is 12.8 Å². The van der Waals surface area contributed by atoms with Gasteiger partial charge in [0.2, 0.25) is 0 Å². The van der Waals surface area contributed by atoms with Crippen molar-refractivity contribution < 1.29 is 27.8 Å². The molecule has 1 aliphatic rings. The van der Waals surface area contributed by atoms with Crippen LogP contribution in [-0.4, -0.2) is 41.4 Å². The van der Waals surface area contributed by atoms with Crippen molar-refractivity contribution in [2.24, 2.45) is 0 Å². The third kappa shape index (κ3) is 5.70. The molecule has 2 heterocycles. The molecule has 5 nitrogen and oxygen atoms in total. The minimum Gasteiger partial charge on any atom is -0.490 e. The SMILES string of the molecule is O=C(O)C(F)(F)F.c1ccc(-c2cc3cnccc3cc2OC2CCNCC2)cc1. The lowest BCUT2D eigenvalue weighted by atomic mass is 10.0. The predicted octanol–water partition coefficient (Wildman–Crippen LogP) is 4.67. The molecule has 1 aliphatic heterocycles. The van der Waals surface area contributed by atoms with Gasteiger partial charge in [0.05, 0.1) is 0 Å². The standard InChI is InChI=1S/C20H20N2O.C2HF3O2/c1-2-4-15(5-3-1)19-12-17-14-22-9-6-16(17)13-20(19)23-18-7-10-21-11-8-18;3-2(4,5)1(6)7/h1-6,9,12-14,18,21H,7-8,10-11H2;(H,6,7). The number of rotatable bonds is 3. The molecule has 0 amide bonds. The highest BCUT2D eigenvalue weighted by molar-refractivity contribution is 5.90. The zero-order valence-corrected chi connectivity index (χ0v) is 16.0.